The van der Waals surface area contributed by atoms with Crippen molar-refractivity contribution in [2.24, 2.45) is 5.10 Å². The summed E-state index contributed by atoms with van der Waals surface area (Å²) in [6.45, 7) is 3.65. The molecule has 0 spiro atoms. The van der Waals surface area contributed by atoms with Gasteiger partial charge in [-0.05, 0) is 57.2 Å². The van der Waals surface area contributed by atoms with Gasteiger partial charge in [-0.3, -0.25) is 24.3 Å². The van der Waals surface area contributed by atoms with Crippen molar-refractivity contribution in [3.8, 4) is 5.69 Å². The molecular formula is C27H25N5O4S2. The lowest BCUT2D eigenvalue weighted by Crippen LogP contribution is -2.24. The van der Waals surface area contributed by atoms with Crippen LogP contribution in [-0.4, -0.2) is 31.8 Å². The third-order valence-electron chi connectivity index (χ3n) is 6.41. The molecule has 2 aromatic heterocycles. The molecule has 38 heavy (non-hydrogen) atoms. The minimum atomic E-state index is -0.479. The van der Waals surface area contributed by atoms with E-state index >= 15 is 0 Å². The van der Waals surface area contributed by atoms with Gasteiger partial charge in [0.2, 0.25) is 0 Å². The molecule has 1 N–H and O–H groups in total. The van der Waals surface area contributed by atoms with Crippen molar-refractivity contribution in [1.82, 2.24) is 15.0 Å². The number of thioether (sulfide) groups is 1. The molecule has 0 saturated heterocycles. The molecule has 2 heterocycles. The molecule has 0 radical (unpaired) electrons. The van der Waals surface area contributed by atoms with Crippen LogP contribution < -0.4 is 11.0 Å². The Morgan fingerprint density at radius 2 is 1.97 bits per heavy atom. The summed E-state index contributed by atoms with van der Waals surface area (Å²) in [5, 5.41) is 16.3. The van der Waals surface area contributed by atoms with Gasteiger partial charge in [0.25, 0.3) is 17.2 Å². The highest BCUT2D eigenvalue weighted by atomic mass is 32.2. The molecule has 0 atom stereocenters. The standard InChI is InChI=1S/C27H25N5O4S2/c1-16-10-12-19(13-11-16)31-26(34)24-21-8-3-4-9-22(21)38-25(24)28-27(31)37-15-23(33)30-29-17(2)18-6-5-7-20(14-18)32(35)36/h5-7,10-14H,3-4,8-9,15H2,1-2H3,(H,30,33). The van der Waals surface area contributed by atoms with Gasteiger partial charge in [-0.1, -0.05) is 41.6 Å². The Morgan fingerprint density at radius 1 is 1.21 bits per heavy atom. The zero-order valence-electron chi connectivity index (χ0n) is 20.9. The lowest BCUT2D eigenvalue weighted by atomic mass is 9.97. The number of aromatic nitrogens is 2. The van der Waals surface area contributed by atoms with E-state index in [1.807, 2.05) is 31.2 Å². The van der Waals surface area contributed by atoms with E-state index in [0.717, 1.165) is 36.8 Å². The number of amides is 1. The Hall–Kier alpha value is -3.83. The van der Waals surface area contributed by atoms with E-state index in [9.17, 15) is 19.7 Å². The van der Waals surface area contributed by atoms with Crippen molar-refractivity contribution in [1.29, 1.82) is 0 Å². The first-order valence-corrected chi connectivity index (χ1v) is 14.0. The Morgan fingerprint density at radius 3 is 2.74 bits per heavy atom. The summed E-state index contributed by atoms with van der Waals surface area (Å²) in [7, 11) is 0. The SMILES string of the molecule is CC(=NNC(=O)CSc1nc2sc3c(c2c(=O)n1-c1ccc(C)cc1)CCCC3)c1cccc([N+](=O)[O-])c1. The zero-order valence-corrected chi connectivity index (χ0v) is 22.5. The molecule has 1 amide bonds. The number of nitrogens with one attached hydrogen (secondary N) is 1. The van der Waals surface area contributed by atoms with Gasteiger partial charge in [-0.25, -0.2) is 10.4 Å². The highest BCUT2D eigenvalue weighted by Gasteiger charge is 2.23. The number of aryl methyl sites for hydroxylation is 3. The van der Waals surface area contributed by atoms with Gasteiger partial charge in [-0.2, -0.15) is 5.10 Å². The minimum absolute atomic E-state index is 0.0133. The first-order valence-electron chi connectivity index (χ1n) is 12.2. The lowest BCUT2D eigenvalue weighted by molar-refractivity contribution is -0.384. The van der Waals surface area contributed by atoms with Gasteiger partial charge >= 0.3 is 0 Å². The number of carbonyl (C=O) groups is 1. The highest BCUT2D eigenvalue weighted by molar-refractivity contribution is 7.99. The van der Waals surface area contributed by atoms with Gasteiger partial charge in [0.15, 0.2) is 5.16 Å². The number of non-ortho nitro benzene ring substituents is 1. The normalized spacial score (nSPS) is 13.4. The van der Waals surface area contributed by atoms with Crippen molar-refractivity contribution in [2.45, 2.75) is 44.7 Å². The molecule has 9 nitrogen and oxygen atoms in total. The topological polar surface area (TPSA) is 119 Å². The number of fused-ring (bicyclic) bond motifs is 3. The molecule has 4 aromatic rings. The van der Waals surface area contributed by atoms with Crippen molar-refractivity contribution in [3.05, 3.63) is 90.6 Å². The van der Waals surface area contributed by atoms with Crippen molar-refractivity contribution in [2.75, 3.05) is 5.75 Å². The third-order valence-corrected chi connectivity index (χ3v) is 8.53. The average molecular weight is 548 g/mol. The maximum absolute atomic E-state index is 13.8. The molecular weight excluding hydrogens is 522 g/mol. The van der Waals surface area contributed by atoms with E-state index < -0.39 is 4.92 Å². The van der Waals surface area contributed by atoms with Crippen molar-refractivity contribution < 1.29 is 9.72 Å². The number of hydrogen-bond acceptors (Lipinski definition) is 8. The van der Waals surface area contributed by atoms with Crippen LogP contribution in [0.1, 0.15) is 41.3 Å². The number of nitro benzene ring substituents is 1. The van der Waals surface area contributed by atoms with E-state index in [1.165, 1.54) is 28.8 Å². The zero-order chi connectivity index (χ0) is 26.8. The summed E-state index contributed by atoms with van der Waals surface area (Å²) >= 11 is 2.75. The van der Waals surface area contributed by atoms with Gasteiger partial charge < -0.3 is 0 Å². The Kier molecular flexibility index (Phi) is 7.39. The van der Waals surface area contributed by atoms with Crippen LogP contribution in [0.2, 0.25) is 0 Å². The first-order chi connectivity index (χ1) is 18.3. The minimum Gasteiger partial charge on any atom is -0.272 e. The fraction of sp³-hybridized carbons (Fsp3) is 0.259. The predicted octanol–water partition coefficient (Wildman–Crippen LogP) is 5.18. The van der Waals surface area contributed by atoms with E-state index in [1.54, 1.807) is 35.0 Å². The van der Waals surface area contributed by atoms with Gasteiger partial charge in [-0.15, -0.1) is 11.3 Å². The van der Waals surface area contributed by atoms with Crippen LogP contribution in [-0.2, 0) is 17.6 Å². The molecule has 0 fully saturated rings. The third kappa shape index (κ3) is 5.25. The van der Waals surface area contributed by atoms with E-state index in [-0.39, 0.29) is 22.9 Å². The van der Waals surface area contributed by atoms with Crippen LogP contribution in [0, 0.1) is 17.0 Å². The number of thiophene rings is 1. The number of nitro groups is 1. The summed E-state index contributed by atoms with van der Waals surface area (Å²) in [5.41, 5.74) is 6.22. The Labute approximate surface area is 226 Å². The number of nitrogens with zero attached hydrogens (tertiary/aromatic N) is 4. The summed E-state index contributed by atoms with van der Waals surface area (Å²) in [6.07, 6.45) is 4.03. The number of rotatable bonds is 7. The predicted molar refractivity (Wildman–Crippen MR) is 151 cm³/mol. The maximum atomic E-state index is 13.8. The number of hydrazone groups is 1. The monoisotopic (exact) mass is 547 g/mol. The Balaban J connectivity index is 1.42. The molecule has 0 saturated carbocycles. The second kappa shape index (κ2) is 10.9. The molecule has 1 aliphatic carbocycles. The lowest BCUT2D eigenvalue weighted by Gasteiger charge is -2.13. The van der Waals surface area contributed by atoms with Crippen molar-refractivity contribution >= 4 is 50.6 Å². The fourth-order valence-electron chi connectivity index (χ4n) is 4.42. The molecule has 1 aliphatic rings. The van der Waals surface area contributed by atoms with Gasteiger partial charge in [0.05, 0.1) is 27.5 Å². The van der Waals surface area contributed by atoms with Crippen molar-refractivity contribution in [3.63, 3.8) is 0 Å². The summed E-state index contributed by atoms with van der Waals surface area (Å²) in [4.78, 5) is 43.8. The summed E-state index contributed by atoms with van der Waals surface area (Å²) in [5.74, 6) is -0.393. The highest BCUT2D eigenvalue weighted by Crippen LogP contribution is 2.35. The summed E-state index contributed by atoms with van der Waals surface area (Å²) in [6, 6.07) is 13.7. The molecule has 0 unspecified atom stereocenters. The van der Waals surface area contributed by atoms with Crippen LogP contribution >= 0.6 is 23.1 Å². The van der Waals surface area contributed by atoms with Gasteiger partial charge in [0, 0.05) is 22.6 Å². The van der Waals surface area contributed by atoms with Crippen LogP contribution in [0.15, 0.2) is 63.6 Å². The second-order valence-electron chi connectivity index (χ2n) is 9.09. The smallest absolute Gasteiger partial charge is 0.270 e. The Bertz CT molecular complexity index is 1640. The summed E-state index contributed by atoms with van der Waals surface area (Å²) < 4.78 is 1.60. The molecule has 0 aliphatic heterocycles. The molecule has 0 bridgehead atoms. The van der Waals surface area contributed by atoms with E-state index in [2.05, 4.69) is 10.5 Å². The fourth-order valence-corrected chi connectivity index (χ4v) is 6.53. The van der Waals surface area contributed by atoms with E-state index in [0.29, 0.717) is 32.3 Å². The molecule has 5 rings (SSSR count). The van der Waals surface area contributed by atoms with Crippen LogP contribution in [0.3, 0.4) is 0 Å². The molecule has 194 valence electrons. The largest absolute Gasteiger partial charge is 0.272 e. The number of benzene rings is 2. The first kappa shape index (κ1) is 25.8. The number of carbonyl (C=O) groups excluding carboxylic acids is 1. The quantitative estimate of drug-likeness (QED) is 0.112. The van der Waals surface area contributed by atoms with Crippen LogP contribution in [0.4, 0.5) is 5.69 Å². The molecule has 11 heteroatoms. The number of hydrogen-bond donors (Lipinski definition) is 1. The van der Waals surface area contributed by atoms with Crippen LogP contribution in [0.25, 0.3) is 15.9 Å². The average Bonchev–Trinajstić information content (AvgIpc) is 3.30. The maximum Gasteiger partial charge on any atom is 0.270 e. The van der Waals surface area contributed by atoms with Gasteiger partial charge in [0.1, 0.15) is 4.83 Å². The van der Waals surface area contributed by atoms with E-state index in [4.69, 9.17) is 4.98 Å². The van der Waals surface area contributed by atoms with Crippen LogP contribution in [0.5, 0.6) is 0 Å². The second-order valence-corrected chi connectivity index (χ2v) is 11.1. The molecule has 2 aromatic carbocycles.